The second-order valence-electron chi connectivity index (χ2n) is 4.65. The molecule has 3 nitrogen and oxygen atoms in total. The molecule has 1 atom stereocenters. The zero-order chi connectivity index (χ0) is 10.7. The second-order valence-corrected chi connectivity index (χ2v) is 5.22. The van der Waals surface area contributed by atoms with E-state index in [1.54, 1.807) is 0 Å². The fraction of sp³-hybridized carbons (Fsp3) is 0.909. The molecule has 1 saturated heterocycles. The summed E-state index contributed by atoms with van der Waals surface area (Å²) in [6, 6.07) is 0. The van der Waals surface area contributed by atoms with Crippen LogP contribution in [0.15, 0.2) is 0 Å². The van der Waals surface area contributed by atoms with Crippen molar-refractivity contribution in [1.82, 2.24) is 5.32 Å². The van der Waals surface area contributed by atoms with Crippen LogP contribution < -0.4 is 5.32 Å². The van der Waals surface area contributed by atoms with Crippen molar-refractivity contribution in [3.05, 3.63) is 0 Å². The van der Waals surface area contributed by atoms with E-state index in [0.717, 1.165) is 37.6 Å². The monoisotopic (exact) mass is 275 g/mol. The van der Waals surface area contributed by atoms with Crippen LogP contribution >= 0.6 is 15.9 Å². The van der Waals surface area contributed by atoms with Crippen molar-refractivity contribution < 1.29 is 9.53 Å². The molecule has 2 aliphatic rings. The van der Waals surface area contributed by atoms with Crippen LogP contribution in [0.5, 0.6) is 0 Å². The molecule has 4 heteroatoms. The van der Waals surface area contributed by atoms with E-state index in [4.69, 9.17) is 4.74 Å². The van der Waals surface area contributed by atoms with Gasteiger partial charge in [0.05, 0.1) is 12.5 Å². The highest BCUT2D eigenvalue weighted by Gasteiger charge is 2.37. The van der Waals surface area contributed by atoms with Crippen LogP contribution in [-0.2, 0) is 9.53 Å². The summed E-state index contributed by atoms with van der Waals surface area (Å²) in [6.07, 6.45) is 6.28. The maximum atomic E-state index is 11.8. The summed E-state index contributed by atoms with van der Waals surface area (Å²) < 4.78 is 5.45. The lowest BCUT2D eigenvalue weighted by Gasteiger charge is -2.41. The Morgan fingerprint density at radius 2 is 2.27 bits per heavy atom. The molecule has 2 fully saturated rings. The van der Waals surface area contributed by atoms with Crippen LogP contribution in [0.4, 0.5) is 0 Å². The van der Waals surface area contributed by atoms with Crippen molar-refractivity contribution >= 4 is 21.8 Å². The molecule has 1 saturated carbocycles. The largest absolute Gasteiger partial charge is 0.378 e. The number of carbonyl (C=O) groups excluding carboxylic acids is 1. The Morgan fingerprint density at radius 3 is 2.73 bits per heavy atom. The van der Waals surface area contributed by atoms with E-state index in [0.29, 0.717) is 6.42 Å². The fourth-order valence-corrected chi connectivity index (χ4v) is 2.96. The lowest BCUT2D eigenvalue weighted by molar-refractivity contribution is -0.125. The highest BCUT2D eigenvalue weighted by Crippen LogP contribution is 2.33. The zero-order valence-electron chi connectivity index (χ0n) is 8.93. The number of hydrogen-bond acceptors (Lipinski definition) is 2. The van der Waals surface area contributed by atoms with Gasteiger partial charge in [-0.25, -0.2) is 0 Å². The smallest absolute Gasteiger partial charge is 0.223 e. The van der Waals surface area contributed by atoms with E-state index in [1.807, 2.05) is 0 Å². The van der Waals surface area contributed by atoms with Crippen LogP contribution in [-0.4, -0.2) is 29.5 Å². The number of rotatable bonds is 4. The molecule has 0 radical (unpaired) electrons. The molecule has 1 aliphatic heterocycles. The Bertz CT molecular complexity index is 229. The van der Waals surface area contributed by atoms with Crippen molar-refractivity contribution in [2.24, 2.45) is 0 Å². The Hall–Kier alpha value is -0.0900. The Morgan fingerprint density at radius 1 is 1.47 bits per heavy atom. The van der Waals surface area contributed by atoms with E-state index < -0.39 is 0 Å². The highest BCUT2D eigenvalue weighted by atomic mass is 79.9. The third-order valence-electron chi connectivity index (χ3n) is 3.41. The minimum Gasteiger partial charge on any atom is -0.378 e. The number of carbonyl (C=O) groups is 1. The lowest BCUT2D eigenvalue weighted by atomic mass is 9.78. The summed E-state index contributed by atoms with van der Waals surface area (Å²) in [5, 5.41) is 4.01. The quantitative estimate of drug-likeness (QED) is 0.797. The maximum absolute atomic E-state index is 11.8. The van der Waals surface area contributed by atoms with Crippen LogP contribution in [0.3, 0.4) is 0 Å². The normalized spacial score (nSPS) is 28.5. The summed E-state index contributed by atoms with van der Waals surface area (Å²) in [5.41, 5.74) is 0.0513. The first-order valence-corrected chi connectivity index (χ1v) is 6.85. The minimum atomic E-state index is 0.0513. The molecule has 0 aromatic rings. The molecule has 0 bridgehead atoms. The van der Waals surface area contributed by atoms with Crippen molar-refractivity contribution in [3.63, 3.8) is 0 Å². The van der Waals surface area contributed by atoms with Gasteiger partial charge in [-0.05, 0) is 32.1 Å². The molecule has 1 unspecified atom stereocenters. The number of nitrogens with one attached hydrogen (secondary N) is 1. The van der Waals surface area contributed by atoms with Gasteiger partial charge in [0.1, 0.15) is 0 Å². The van der Waals surface area contributed by atoms with E-state index in [-0.39, 0.29) is 17.6 Å². The zero-order valence-corrected chi connectivity index (χ0v) is 10.5. The number of halogens is 1. The predicted octanol–water partition coefficient (Wildman–Crippen LogP) is 1.99. The summed E-state index contributed by atoms with van der Waals surface area (Å²) in [5.74, 6) is 0.154. The van der Waals surface area contributed by atoms with Gasteiger partial charge in [-0.15, -0.1) is 0 Å². The van der Waals surface area contributed by atoms with Gasteiger partial charge in [0.25, 0.3) is 0 Å². The molecule has 1 N–H and O–H groups in total. The van der Waals surface area contributed by atoms with Gasteiger partial charge < -0.3 is 10.1 Å². The average Bonchev–Trinajstić information content (AvgIpc) is 2.64. The number of hydrogen-bond donors (Lipinski definition) is 1. The van der Waals surface area contributed by atoms with Gasteiger partial charge in [0.15, 0.2) is 0 Å². The summed E-state index contributed by atoms with van der Waals surface area (Å²) in [6.45, 7) is 0.821. The second kappa shape index (κ2) is 4.83. The van der Waals surface area contributed by atoms with Crippen molar-refractivity contribution in [2.45, 2.75) is 50.2 Å². The van der Waals surface area contributed by atoms with Crippen LogP contribution in [0.2, 0.25) is 0 Å². The first kappa shape index (κ1) is 11.4. The van der Waals surface area contributed by atoms with Gasteiger partial charge in [0.2, 0.25) is 5.91 Å². The van der Waals surface area contributed by atoms with E-state index in [9.17, 15) is 4.79 Å². The number of alkyl halides is 1. The Labute approximate surface area is 99.1 Å². The van der Waals surface area contributed by atoms with Crippen LogP contribution in [0.25, 0.3) is 0 Å². The predicted molar refractivity (Wildman–Crippen MR) is 62.1 cm³/mol. The van der Waals surface area contributed by atoms with Crippen LogP contribution in [0, 0.1) is 0 Å². The third kappa shape index (κ3) is 2.72. The summed E-state index contributed by atoms with van der Waals surface area (Å²) in [7, 11) is 0. The van der Waals surface area contributed by atoms with Crippen molar-refractivity contribution in [2.75, 3.05) is 11.9 Å². The standard InChI is InChI=1S/C11H18BrNO2/c12-8-11(4-2-5-11)13-10(14)7-9-3-1-6-15-9/h9H,1-8H2,(H,13,14). The molecule has 0 aromatic carbocycles. The molecule has 1 aliphatic carbocycles. The Kier molecular flexibility index (Phi) is 3.67. The lowest BCUT2D eigenvalue weighted by Crippen LogP contribution is -2.55. The third-order valence-corrected chi connectivity index (χ3v) is 4.48. The molecule has 0 aromatic heterocycles. The molecular weight excluding hydrogens is 258 g/mol. The van der Waals surface area contributed by atoms with Gasteiger partial charge >= 0.3 is 0 Å². The first-order chi connectivity index (χ1) is 7.24. The SMILES string of the molecule is O=C(CC1CCCO1)NC1(CBr)CCC1. The highest BCUT2D eigenvalue weighted by molar-refractivity contribution is 9.09. The van der Waals surface area contributed by atoms with Crippen LogP contribution in [0.1, 0.15) is 38.5 Å². The minimum absolute atomic E-state index is 0.0513. The van der Waals surface area contributed by atoms with Gasteiger partial charge in [-0.3, -0.25) is 4.79 Å². The van der Waals surface area contributed by atoms with E-state index >= 15 is 0 Å². The molecular formula is C11H18BrNO2. The van der Waals surface area contributed by atoms with Gasteiger partial charge in [-0.2, -0.15) is 0 Å². The molecule has 86 valence electrons. The molecule has 0 spiro atoms. The number of amides is 1. The van der Waals surface area contributed by atoms with Crippen molar-refractivity contribution in [3.8, 4) is 0 Å². The molecule has 1 heterocycles. The fourth-order valence-electron chi connectivity index (χ4n) is 2.25. The molecule has 1 amide bonds. The topological polar surface area (TPSA) is 38.3 Å². The van der Waals surface area contributed by atoms with Crippen molar-refractivity contribution in [1.29, 1.82) is 0 Å². The van der Waals surface area contributed by atoms with Gasteiger partial charge in [-0.1, -0.05) is 15.9 Å². The maximum Gasteiger partial charge on any atom is 0.223 e. The van der Waals surface area contributed by atoms with E-state index in [1.165, 1.54) is 6.42 Å². The Balaban J connectivity index is 1.76. The average molecular weight is 276 g/mol. The van der Waals surface area contributed by atoms with Gasteiger partial charge in [0, 0.05) is 17.5 Å². The summed E-state index contributed by atoms with van der Waals surface area (Å²) in [4.78, 5) is 11.8. The number of ether oxygens (including phenoxy) is 1. The first-order valence-electron chi connectivity index (χ1n) is 5.73. The molecule has 2 rings (SSSR count). The summed E-state index contributed by atoms with van der Waals surface area (Å²) >= 11 is 3.48. The van der Waals surface area contributed by atoms with E-state index in [2.05, 4.69) is 21.2 Å². The molecule has 15 heavy (non-hydrogen) atoms.